The Bertz CT molecular complexity index is 238. The lowest BCUT2D eigenvalue weighted by molar-refractivity contribution is 1.17. The fourth-order valence-electron chi connectivity index (χ4n) is 0.532. The fourth-order valence-corrected chi connectivity index (χ4v) is 0.532. The molecule has 1 aromatic rings. The van der Waals surface area contributed by atoms with Gasteiger partial charge in [-0.05, 0) is 6.92 Å². The normalized spacial score (nSPS) is 9.30. The van der Waals surface area contributed by atoms with E-state index in [1.807, 2.05) is 0 Å². The molecule has 52 valence electrons. The topological polar surface area (TPSA) is 75.7 Å². The highest BCUT2D eigenvalue weighted by Gasteiger charge is 1.94. The van der Waals surface area contributed by atoms with Crippen LogP contribution in [0.4, 0.5) is 5.95 Å². The van der Waals surface area contributed by atoms with Gasteiger partial charge in [-0.25, -0.2) is 9.97 Å². The zero-order valence-electron chi connectivity index (χ0n) is 5.63. The Hall–Kier alpha value is -1.45. The van der Waals surface area contributed by atoms with Crippen molar-refractivity contribution in [3.8, 4) is 0 Å². The molecule has 0 radical (unpaired) electrons. The molecule has 0 aliphatic carbocycles. The van der Waals surface area contributed by atoms with E-state index in [9.17, 15) is 0 Å². The van der Waals surface area contributed by atoms with E-state index in [4.69, 9.17) is 11.1 Å². The highest BCUT2D eigenvalue weighted by atomic mass is 15.0. The Labute approximate surface area is 58.6 Å². The highest BCUT2D eigenvalue weighted by molar-refractivity contribution is 5.95. The summed E-state index contributed by atoms with van der Waals surface area (Å²) in [7, 11) is 0. The number of hydrogen-bond donors (Lipinski definition) is 2. The summed E-state index contributed by atoms with van der Waals surface area (Å²) in [6.45, 7) is 1.68. The molecule has 0 aliphatic rings. The van der Waals surface area contributed by atoms with Gasteiger partial charge in [0.15, 0.2) is 0 Å². The standard InChI is InChI=1S/C6H8N4/c1-4(7)5-2-9-6(8)10-3-5/h2-3,7H,1H3,(H2,8,9,10). The van der Waals surface area contributed by atoms with Crippen LogP contribution in [0.1, 0.15) is 12.5 Å². The number of anilines is 1. The minimum Gasteiger partial charge on any atom is -0.368 e. The van der Waals surface area contributed by atoms with Gasteiger partial charge in [-0.15, -0.1) is 0 Å². The van der Waals surface area contributed by atoms with Crippen LogP contribution in [0.25, 0.3) is 0 Å². The van der Waals surface area contributed by atoms with Gasteiger partial charge in [0.05, 0.1) is 0 Å². The van der Waals surface area contributed by atoms with Crippen molar-refractivity contribution in [1.29, 1.82) is 5.41 Å². The van der Waals surface area contributed by atoms with Gasteiger partial charge in [-0.3, -0.25) is 0 Å². The van der Waals surface area contributed by atoms with E-state index in [-0.39, 0.29) is 5.95 Å². The molecule has 0 spiro atoms. The summed E-state index contributed by atoms with van der Waals surface area (Å²) in [5.74, 6) is 0.241. The van der Waals surface area contributed by atoms with Gasteiger partial charge < -0.3 is 11.1 Å². The molecule has 10 heavy (non-hydrogen) atoms. The summed E-state index contributed by atoms with van der Waals surface area (Å²) in [6.07, 6.45) is 3.06. The van der Waals surface area contributed by atoms with E-state index in [2.05, 4.69) is 9.97 Å². The molecule has 0 bridgehead atoms. The van der Waals surface area contributed by atoms with Crippen molar-refractivity contribution in [2.75, 3.05) is 5.73 Å². The van der Waals surface area contributed by atoms with E-state index in [0.29, 0.717) is 11.3 Å². The maximum atomic E-state index is 7.19. The average molecular weight is 136 g/mol. The van der Waals surface area contributed by atoms with Crippen LogP contribution in [0.5, 0.6) is 0 Å². The lowest BCUT2D eigenvalue weighted by atomic mass is 10.2. The highest BCUT2D eigenvalue weighted by Crippen LogP contribution is 1.96. The Kier molecular flexibility index (Phi) is 1.62. The first-order chi connectivity index (χ1) is 4.70. The molecular formula is C6H8N4. The number of rotatable bonds is 1. The van der Waals surface area contributed by atoms with Crippen molar-refractivity contribution in [3.63, 3.8) is 0 Å². The third-order valence-electron chi connectivity index (χ3n) is 1.10. The van der Waals surface area contributed by atoms with Crippen LogP contribution in [0.15, 0.2) is 12.4 Å². The molecule has 4 heteroatoms. The van der Waals surface area contributed by atoms with Crippen molar-refractivity contribution >= 4 is 11.7 Å². The third kappa shape index (κ3) is 1.28. The smallest absolute Gasteiger partial charge is 0.219 e. The Morgan fingerprint density at radius 3 is 2.40 bits per heavy atom. The largest absolute Gasteiger partial charge is 0.368 e. The molecule has 1 aromatic heterocycles. The van der Waals surface area contributed by atoms with Crippen LogP contribution in [0.2, 0.25) is 0 Å². The number of nitrogens with two attached hydrogens (primary N) is 1. The predicted molar refractivity (Wildman–Crippen MR) is 38.9 cm³/mol. The molecule has 1 rings (SSSR count). The van der Waals surface area contributed by atoms with E-state index >= 15 is 0 Å². The van der Waals surface area contributed by atoms with Gasteiger partial charge in [-0.1, -0.05) is 0 Å². The van der Waals surface area contributed by atoms with E-state index in [1.165, 1.54) is 12.4 Å². The minimum atomic E-state index is 0.241. The summed E-state index contributed by atoms with van der Waals surface area (Å²) >= 11 is 0. The first kappa shape index (κ1) is 6.67. The van der Waals surface area contributed by atoms with Gasteiger partial charge in [0.1, 0.15) is 0 Å². The minimum absolute atomic E-state index is 0.241. The first-order valence-electron chi connectivity index (χ1n) is 2.83. The van der Waals surface area contributed by atoms with E-state index in [0.717, 1.165) is 0 Å². The van der Waals surface area contributed by atoms with Gasteiger partial charge >= 0.3 is 0 Å². The van der Waals surface area contributed by atoms with Crippen molar-refractivity contribution in [2.24, 2.45) is 0 Å². The summed E-state index contributed by atoms with van der Waals surface area (Å²) in [5, 5.41) is 7.19. The predicted octanol–water partition coefficient (Wildman–Crippen LogP) is 0.447. The number of nitrogen functional groups attached to an aromatic ring is 1. The lowest BCUT2D eigenvalue weighted by Gasteiger charge is -1.94. The SMILES string of the molecule is CC(=N)c1cnc(N)nc1. The number of hydrogen-bond acceptors (Lipinski definition) is 4. The Balaban J connectivity index is 3.00. The molecular weight excluding hydrogens is 128 g/mol. The lowest BCUT2D eigenvalue weighted by Crippen LogP contribution is -1.98. The molecule has 0 saturated carbocycles. The monoisotopic (exact) mass is 136 g/mol. The second-order valence-electron chi connectivity index (χ2n) is 1.95. The summed E-state index contributed by atoms with van der Waals surface area (Å²) in [4.78, 5) is 7.45. The second-order valence-corrected chi connectivity index (χ2v) is 1.95. The van der Waals surface area contributed by atoms with Gasteiger partial charge in [0.2, 0.25) is 5.95 Å². The molecule has 0 atom stereocenters. The van der Waals surface area contributed by atoms with Crippen molar-refractivity contribution in [1.82, 2.24) is 9.97 Å². The number of nitrogens with one attached hydrogen (secondary N) is 1. The molecule has 0 aliphatic heterocycles. The maximum Gasteiger partial charge on any atom is 0.219 e. The number of aromatic nitrogens is 2. The third-order valence-corrected chi connectivity index (χ3v) is 1.10. The quantitative estimate of drug-likeness (QED) is 0.550. The van der Waals surface area contributed by atoms with Gasteiger partial charge in [0, 0.05) is 23.7 Å². The summed E-state index contributed by atoms with van der Waals surface area (Å²) in [6, 6.07) is 0. The molecule has 0 saturated heterocycles. The summed E-state index contributed by atoms with van der Waals surface area (Å²) in [5.41, 5.74) is 6.38. The van der Waals surface area contributed by atoms with Crippen LogP contribution >= 0.6 is 0 Å². The van der Waals surface area contributed by atoms with Gasteiger partial charge in [0.25, 0.3) is 0 Å². The van der Waals surface area contributed by atoms with Crippen molar-refractivity contribution in [3.05, 3.63) is 18.0 Å². The molecule has 3 N–H and O–H groups in total. The van der Waals surface area contributed by atoms with E-state index in [1.54, 1.807) is 6.92 Å². The van der Waals surface area contributed by atoms with Crippen molar-refractivity contribution in [2.45, 2.75) is 6.92 Å². The average Bonchev–Trinajstić information content (AvgIpc) is 1.88. The molecule has 0 aromatic carbocycles. The molecule has 4 nitrogen and oxygen atoms in total. The van der Waals surface area contributed by atoms with Crippen LogP contribution < -0.4 is 5.73 Å². The Morgan fingerprint density at radius 2 is 2.00 bits per heavy atom. The van der Waals surface area contributed by atoms with Crippen molar-refractivity contribution < 1.29 is 0 Å². The van der Waals surface area contributed by atoms with Crippen LogP contribution in [-0.4, -0.2) is 15.7 Å². The maximum absolute atomic E-state index is 7.19. The Morgan fingerprint density at radius 1 is 1.50 bits per heavy atom. The first-order valence-corrected chi connectivity index (χ1v) is 2.83. The zero-order chi connectivity index (χ0) is 7.56. The zero-order valence-corrected chi connectivity index (χ0v) is 5.63. The molecule has 1 heterocycles. The van der Waals surface area contributed by atoms with E-state index < -0.39 is 0 Å². The fraction of sp³-hybridized carbons (Fsp3) is 0.167. The van der Waals surface area contributed by atoms with Crippen LogP contribution in [-0.2, 0) is 0 Å². The molecule has 0 amide bonds. The van der Waals surface area contributed by atoms with Crippen LogP contribution in [0.3, 0.4) is 0 Å². The van der Waals surface area contributed by atoms with Crippen LogP contribution in [0, 0.1) is 5.41 Å². The van der Waals surface area contributed by atoms with Gasteiger partial charge in [-0.2, -0.15) is 0 Å². The molecule has 0 fully saturated rings. The number of nitrogens with zero attached hydrogens (tertiary/aromatic N) is 2. The summed E-state index contributed by atoms with van der Waals surface area (Å²) < 4.78 is 0. The second kappa shape index (κ2) is 2.43. The molecule has 0 unspecified atom stereocenters.